The third-order valence-electron chi connectivity index (χ3n) is 5.14. The maximum atomic E-state index is 13.0. The molecule has 5 nitrogen and oxygen atoms in total. The minimum atomic E-state index is -0.200. The fourth-order valence-corrected chi connectivity index (χ4v) is 3.92. The standard InChI is InChI=1S/C20H21FN4O/c21-16-6-4-15(5-7-16)12-25-9-8-20(14-25)10-18(13-26-20)24-19-3-1-2-17(11-22)23-19/h1-7,18H,8-10,12-14H2,(H,23,24)/t18-,20+/m0/s1. The predicted octanol–water partition coefficient (Wildman–Crippen LogP) is 2.94. The van der Waals surface area contributed by atoms with Gasteiger partial charge in [0.2, 0.25) is 0 Å². The van der Waals surface area contributed by atoms with Gasteiger partial charge in [-0.05, 0) is 36.2 Å². The maximum absolute atomic E-state index is 13.0. The number of anilines is 1. The number of hydrogen-bond donors (Lipinski definition) is 1. The lowest BCUT2D eigenvalue weighted by Gasteiger charge is -2.23. The largest absolute Gasteiger partial charge is 0.371 e. The van der Waals surface area contributed by atoms with E-state index in [1.807, 2.05) is 24.3 Å². The molecular formula is C20H21FN4O. The average Bonchev–Trinajstić information content (AvgIpc) is 3.23. The van der Waals surface area contributed by atoms with Gasteiger partial charge in [-0.2, -0.15) is 5.26 Å². The molecule has 1 aromatic heterocycles. The van der Waals surface area contributed by atoms with E-state index in [0.717, 1.165) is 43.9 Å². The van der Waals surface area contributed by atoms with Crippen LogP contribution in [0.2, 0.25) is 0 Å². The highest BCUT2D eigenvalue weighted by Gasteiger charge is 2.45. The number of likely N-dealkylation sites (tertiary alicyclic amines) is 1. The molecule has 0 bridgehead atoms. The van der Waals surface area contributed by atoms with Gasteiger partial charge in [0, 0.05) is 26.1 Å². The van der Waals surface area contributed by atoms with Crippen LogP contribution in [0.25, 0.3) is 0 Å². The third kappa shape index (κ3) is 3.69. The first-order valence-corrected chi connectivity index (χ1v) is 8.89. The molecule has 2 aromatic rings. The van der Waals surface area contributed by atoms with Crippen LogP contribution in [0.4, 0.5) is 10.2 Å². The lowest BCUT2D eigenvalue weighted by Crippen LogP contribution is -2.33. The van der Waals surface area contributed by atoms with Crippen LogP contribution >= 0.6 is 0 Å². The molecule has 0 aliphatic carbocycles. The van der Waals surface area contributed by atoms with Crippen molar-refractivity contribution in [1.29, 1.82) is 5.26 Å². The monoisotopic (exact) mass is 352 g/mol. The van der Waals surface area contributed by atoms with Crippen LogP contribution in [0.3, 0.4) is 0 Å². The lowest BCUT2D eigenvalue weighted by atomic mass is 9.97. The Morgan fingerprint density at radius 2 is 2.15 bits per heavy atom. The molecule has 0 unspecified atom stereocenters. The van der Waals surface area contributed by atoms with E-state index in [0.29, 0.717) is 12.3 Å². The molecule has 2 aliphatic heterocycles. The zero-order valence-electron chi connectivity index (χ0n) is 14.5. The van der Waals surface area contributed by atoms with Gasteiger partial charge in [-0.3, -0.25) is 4.90 Å². The van der Waals surface area contributed by atoms with Gasteiger partial charge in [0.05, 0.1) is 18.2 Å². The molecule has 0 saturated carbocycles. The fourth-order valence-electron chi connectivity index (χ4n) is 3.92. The van der Waals surface area contributed by atoms with Gasteiger partial charge in [-0.1, -0.05) is 18.2 Å². The van der Waals surface area contributed by atoms with Crippen LogP contribution in [0, 0.1) is 17.1 Å². The molecule has 2 fully saturated rings. The van der Waals surface area contributed by atoms with Crippen molar-refractivity contribution in [2.24, 2.45) is 0 Å². The van der Waals surface area contributed by atoms with E-state index in [1.165, 1.54) is 12.1 Å². The molecule has 4 rings (SSSR count). The Morgan fingerprint density at radius 1 is 1.31 bits per heavy atom. The zero-order chi connectivity index (χ0) is 18.0. The Labute approximate surface area is 152 Å². The number of pyridine rings is 1. The highest BCUT2D eigenvalue weighted by Crippen LogP contribution is 2.36. The van der Waals surface area contributed by atoms with Crippen molar-refractivity contribution in [2.75, 3.05) is 25.0 Å². The van der Waals surface area contributed by atoms with Crippen molar-refractivity contribution < 1.29 is 9.13 Å². The number of aromatic nitrogens is 1. The highest BCUT2D eigenvalue weighted by atomic mass is 19.1. The first-order chi connectivity index (χ1) is 12.6. The molecule has 3 heterocycles. The molecule has 1 spiro atoms. The minimum Gasteiger partial charge on any atom is -0.371 e. The van der Waals surface area contributed by atoms with Crippen molar-refractivity contribution in [3.63, 3.8) is 0 Å². The van der Waals surface area contributed by atoms with Crippen molar-refractivity contribution >= 4 is 5.82 Å². The van der Waals surface area contributed by atoms with Gasteiger partial charge in [0.1, 0.15) is 23.4 Å². The smallest absolute Gasteiger partial charge is 0.142 e. The second-order valence-corrected chi connectivity index (χ2v) is 7.15. The molecule has 2 aliphatic rings. The summed E-state index contributed by atoms with van der Waals surface area (Å²) in [6.07, 6.45) is 1.92. The van der Waals surface area contributed by atoms with Gasteiger partial charge in [0.15, 0.2) is 0 Å². The van der Waals surface area contributed by atoms with E-state index < -0.39 is 0 Å². The van der Waals surface area contributed by atoms with Gasteiger partial charge in [-0.25, -0.2) is 9.37 Å². The summed E-state index contributed by atoms with van der Waals surface area (Å²) in [6.45, 7) is 3.32. The maximum Gasteiger partial charge on any atom is 0.142 e. The van der Waals surface area contributed by atoms with E-state index in [9.17, 15) is 4.39 Å². The zero-order valence-corrected chi connectivity index (χ0v) is 14.5. The SMILES string of the molecule is N#Cc1cccc(N[C@@H]2CO[C@]3(CCN(Cc4ccc(F)cc4)C3)C2)n1. The molecule has 6 heteroatoms. The third-order valence-corrected chi connectivity index (χ3v) is 5.14. The molecule has 2 saturated heterocycles. The van der Waals surface area contributed by atoms with Gasteiger partial charge in [0.25, 0.3) is 0 Å². The van der Waals surface area contributed by atoms with Crippen molar-refractivity contribution in [3.05, 3.63) is 59.5 Å². The number of nitriles is 1. The second kappa shape index (κ2) is 7.02. The van der Waals surface area contributed by atoms with E-state index in [2.05, 4.69) is 21.3 Å². The summed E-state index contributed by atoms with van der Waals surface area (Å²) in [5.74, 6) is 0.518. The summed E-state index contributed by atoms with van der Waals surface area (Å²) in [6, 6.07) is 14.4. The van der Waals surface area contributed by atoms with Crippen LogP contribution < -0.4 is 5.32 Å². The molecule has 1 N–H and O–H groups in total. The Kier molecular flexibility index (Phi) is 4.58. The van der Waals surface area contributed by atoms with Crippen LogP contribution in [0.1, 0.15) is 24.1 Å². The van der Waals surface area contributed by atoms with Crippen molar-refractivity contribution in [2.45, 2.75) is 31.0 Å². The predicted molar refractivity (Wildman–Crippen MR) is 96.0 cm³/mol. The summed E-state index contributed by atoms with van der Waals surface area (Å²) in [5.41, 5.74) is 1.41. The number of rotatable bonds is 4. The van der Waals surface area contributed by atoms with Gasteiger partial charge in [-0.15, -0.1) is 0 Å². The van der Waals surface area contributed by atoms with Crippen LogP contribution in [0.15, 0.2) is 42.5 Å². The van der Waals surface area contributed by atoms with Crippen LogP contribution in [-0.4, -0.2) is 41.2 Å². The Morgan fingerprint density at radius 3 is 2.96 bits per heavy atom. The van der Waals surface area contributed by atoms with Gasteiger partial charge < -0.3 is 10.1 Å². The van der Waals surface area contributed by atoms with Crippen molar-refractivity contribution in [3.8, 4) is 6.07 Å². The molecule has 0 amide bonds. The summed E-state index contributed by atoms with van der Waals surface area (Å²) in [5, 5.41) is 12.4. The Hall–Kier alpha value is -2.49. The van der Waals surface area contributed by atoms with Crippen molar-refractivity contribution in [1.82, 2.24) is 9.88 Å². The number of nitrogens with one attached hydrogen (secondary N) is 1. The fraction of sp³-hybridized carbons (Fsp3) is 0.400. The number of hydrogen-bond acceptors (Lipinski definition) is 5. The first-order valence-electron chi connectivity index (χ1n) is 8.89. The average molecular weight is 352 g/mol. The van der Waals surface area contributed by atoms with Crippen LogP contribution in [0.5, 0.6) is 0 Å². The minimum absolute atomic E-state index is 0.121. The number of benzene rings is 1. The molecule has 134 valence electrons. The lowest BCUT2D eigenvalue weighted by molar-refractivity contribution is 0.0120. The number of halogens is 1. The number of nitrogens with zero attached hydrogens (tertiary/aromatic N) is 3. The topological polar surface area (TPSA) is 61.2 Å². The normalized spacial score (nSPS) is 25.5. The van der Waals surface area contributed by atoms with E-state index in [4.69, 9.17) is 10.00 Å². The van der Waals surface area contributed by atoms with Crippen LogP contribution in [-0.2, 0) is 11.3 Å². The highest BCUT2D eigenvalue weighted by molar-refractivity contribution is 5.39. The molecule has 2 atom stereocenters. The number of ether oxygens (including phenoxy) is 1. The molecule has 26 heavy (non-hydrogen) atoms. The summed E-state index contributed by atoms with van der Waals surface area (Å²) >= 11 is 0. The van der Waals surface area contributed by atoms with E-state index in [-0.39, 0.29) is 17.5 Å². The molecule has 0 radical (unpaired) electrons. The summed E-state index contributed by atoms with van der Waals surface area (Å²) < 4.78 is 19.2. The van der Waals surface area contributed by atoms with Gasteiger partial charge >= 0.3 is 0 Å². The Balaban J connectivity index is 1.34. The first kappa shape index (κ1) is 17.0. The Bertz CT molecular complexity index is 819. The second-order valence-electron chi connectivity index (χ2n) is 7.15. The van der Waals surface area contributed by atoms with E-state index in [1.54, 1.807) is 6.07 Å². The molecule has 1 aromatic carbocycles. The summed E-state index contributed by atoms with van der Waals surface area (Å²) in [7, 11) is 0. The van der Waals surface area contributed by atoms with E-state index >= 15 is 0 Å². The molecular weight excluding hydrogens is 331 g/mol. The summed E-state index contributed by atoms with van der Waals surface area (Å²) in [4.78, 5) is 6.64. The quantitative estimate of drug-likeness (QED) is 0.917.